The van der Waals surface area contributed by atoms with E-state index in [2.05, 4.69) is 5.32 Å². The number of anilines is 1. The molecular weight excluding hydrogens is 222 g/mol. The second kappa shape index (κ2) is 5.43. The number of aromatic hydroxyl groups is 2. The van der Waals surface area contributed by atoms with E-state index in [9.17, 15) is 15.0 Å². The van der Waals surface area contributed by atoms with Crippen LogP contribution in [0.2, 0.25) is 0 Å². The van der Waals surface area contributed by atoms with Gasteiger partial charge >= 0.3 is 5.97 Å². The Kier molecular flexibility index (Phi) is 4.20. The lowest BCUT2D eigenvalue weighted by Crippen LogP contribution is -2.06. The summed E-state index contributed by atoms with van der Waals surface area (Å²) in [6.45, 7) is 4.30. The lowest BCUT2D eigenvalue weighted by molar-refractivity contribution is 0.0694. The zero-order chi connectivity index (χ0) is 13.0. The Bertz CT molecular complexity index is 429. The van der Waals surface area contributed by atoms with Crippen LogP contribution in [0, 0.1) is 0 Å². The molecule has 1 aromatic rings. The number of carbonyl (C=O) groups is 1. The van der Waals surface area contributed by atoms with Gasteiger partial charge in [-0.3, -0.25) is 0 Å². The van der Waals surface area contributed by atoms with Crippen LogP contribution in [-0.4, -0.2) is 27.8 Å². The molecule has 0 bridgehead atoms. The van der Waals surface area contributed by atoms with Gasteiger partial charge < -0.3 is 20.6 Å². The van der Waals surface area contributed by atoms with Gasteiger partial charge in [-0.15, -0.1) is 0 Å². The third-order valence-electron chi connectivity index (χ3n) is 2.52. The van der Waals surface area contributed by atoms with Gasteiger partial charge in [-0.25, -0.2) is 4.79 Å². The maximum atomic E-state index is 11.0. The molecule has 4 N–H and O–H groups in total. The molecule has 0 spiro atoms. The second-order valence-corrected chi connectivity index (χ2v) is 3.73. The summed E-state index contributed by atoms with van der Waals surface area (Å²) < 4.78 is 0. The third-order valence-corrected chi connectivity index (χ3v) is 2.52. The maximum absolute atomic E-state index is 11.0. The van der Waals surface area contributed by atoms with Gasteiger partial charge in [-0.2, -0.15) is 0 Å². The normalized spacial score (nSPS) is 10.2. The summed E-state index contributed by atoms with van der Waals surface area (Å²) in [4.78, 5) is 11.0. The fourth-order valence-corrected chi connectivity index (χ4v) is 1.67. The summed E-state index contributed by atoms with van der Waals surface area (Å²) in [6, 6.07) is 1.17. The molecule has 1 aromatic carbocycles. The smallest absolute Gasteiger partial charge is 0.336 e. The first-order valence-corrected chi connectivity index (χ1v) is 5.57. The molecule has 0 unspecified atom stereocenters. The summed E-state index contributed by atoms with van der Waals surface area (Å²) in [7, 11) is 0. The highest BCUT2D eigenvalue weighted by atomic mass is 16.4. The van der Waals surface area contributed by atoms with Crippen LogP contribution in [0.1, 0.15) is 36.2 Å². The van der Waals surface area contributed by atoms with E-state index >= 15 is 0 Å². The van der Waals surface area contributed by atoms with Crippen molar-refractivity contribution in [3.8, 4) is 11.5 Å². The zero-order valence-electron chi connectivity index (χ0n) is 9.95. The third kappa shape index (κ3) is 2.61. The number of phenols is 2. The Hall–Kier alpha value is -1.91. The van der Waals surface area contributed by atoms with Crippen LogP contribution in [0.4, 0.5) is 5.69 Å². The fraction of sp³-hybridized carbons (Fsp3) is 0.417. The van der Waals surface area contributed by atoms with Gasteiger partial charge in [0.2, 0.25) is 0 Å². The van der Waals surface area contributed by atoms with Crippen molar-refractivity contribution in [2.75, 3.05) is 11.9 Å². The first kappa shape index (κ1) is 13.2. The average molecular weight is 239 g/mol. The molecule has 1 rings (SSSR count). The Labute approximate surface area is 99.7 Å². The quantitative estimate of drug-likeness (QED) is 0.591. The number of carboxylic acids is 1. The minimum Gasteiger partial charge on any atom is -0.506 e. The van der Waals surface area contributed by atoms with Crippen LogP contribution >= 0.6 is 0 Å². The largest absolute Gasteiger partial charge is 0.506 e. The van der Waals surface area contributed by atoms with E-state index in [1.165, 1.54) is 6.07 Å². The average Bonchev–Trinajstić information content (AvgIpc) is 2.28. The predicted molar refractivity (Wildman–Crippen MR) is 64.9 cm³/mol. The number of phenolic OH excluding ortho intramolecular Hbond substituents is 2. The Morgan fingerprint density at radius 2 is 2.00 bits per heavy atom. The van der Waals surface area contributed by atoms with Crippen molar-refractivity contribution in [3.63, 3.8) is 0 Å². The van der Waals surface area contributed by atoms with E-state index in [1.54, 1.807) is 6.92 Å². The van der Waals surface area contributed by atoms with Gasteiger partial charge in [0, 0.05) is 12.1 Å². The monoisotopic (exact) mass is 239 g/mol. The molecule has 94 valence electrons. The summed E-state index contributed by atoms with van der Waals surface area (Å²) in [5.74, 6) is -1.58. The fourth-order valence-electron chi connectivity index (χ4n) is 1.67. The van der Waals surface area contributed by atoms with Crippen molar-refractivity contribution < 1.29 is 20.1 Å². The molecule has 0 saturated heterocycles. The molecule has 5 heteroatoms. The predicted octanol–water partition coefficient (Wildman–Crippen LogP) is 2.18. The van der Waals surface area contributed by atoms with Gasteiger partial charge in [0.15, 0.2) is 0 Å². The van der Waals surface area contributed by atoms with E-state index < -0.39 is 5.97 Å². The highest BCUT2D eigenvalue weighted by Crippen LogP contribution is 2.38. The van der Waals surface area contributed by atoms with Crippen molar-refractivity contribution in [2.45, 2.75) is 26.7 Å². The van der Waals surface area contributed by atoms with E-state index in [1.807, 2.05) is 6.92 Å². The lowest BCUT2D eigenvalue weighted by Gasteiger charge is -2.14. The number of rotatable bonds is 5. The van der Waals surface area contributed by atoms with Crippen molar-refractivity contribution in [2.24, 2.45) is 0 Å². The molecule has 0 aliphatic carbocycles. The van der Waals surface area contributed by atoms with E-state index in [0.29, 0.717) is 18.5 Å². The molecule has 0 fully saturated rings. The van der Waals surface area contributed by atoms with Crippen molar-refractivity contribution in [1.82, 2.24) is 0 Å². The van der Waals surface area contributed by atoms with E-state index in [0.717, 1.165) is 6.42 Å². The van der Waals surface area contributed by atoms with Crippen LogP contribution in [0.5, 0.6) is 11.5 Å². The van der Waals surface area contributed by atoms with Crippen molar-refractivity contribution in [1.29, 1.82) is 0 Å². The number of benzene rings is 1. The molecule has 5 nitrogen and oxygen atoms in total. The first-order valence-electron chi connectivity index (χ1n) is 5.57. The van der Waals surface area contributed by atoms with Crippen molar-refractivity contribution >= 4 is 11.7 Å². The summed E-state index contributed by atoms with van der Waals surface area (Å²) in [6.07, 6.45) is 1.22. The summed E-state index contributed by atoms with van der Waals surface area (Å²) in [5.41, 5.74) is 0.465. The molecule has 17 heavy (non-hydrogen) atoms. The van der Waals surface area contributed by atoms with Crippen LogP contribution < -0.4 is 5.32 Å². The minimum absolute atomic E-state index is 0.0652. The van der Waals surface area contributed by atoms with Gasteiger partial charge in [0.05, 0.1) is 5.56 Å². The van der Waals surface area contributed by atoms with Crippen LogP contribution in [0.25, 0.3) is 0 Å². The van der Waals surface area contributed by atoms with E-state index in [-0.39, 0.29) is 22.7 Å². The molecule has 0 radical (unpaired) electrons. The minimum atomic E-state index is -1.16. The van der Waals surface area contributed by atoms with Crippen molar-refractivity contribution in [3.05, 3.63) is 17.2 Å². The molecule has 0 aliphatic rings. The maximum Gasteiger partial charge on any atom is 0.336 e. The highest BCUT2D eigenvalue weighted by molar-refractivity contribution is 5.93. The highest BCUT2D eigenvalue weighted by Gasteiger charge is 2.19. The van der Waals surface area contributed by atoms with Crippen LogP contribution in [0.15, 0.2) is 6.07 Å². The van der Waals surface area contributed by atoms with Gasteiger partial charge in [-0.1, -0.05) is 13.8 Å². The second-order valence-electron chi connectivity index (χ2n) is 3.73. The molecule has 0 aromatic heterocycles. The lowest BCUT2D eigenvalue weighted by atomic mass is 10.0. The number of aromatic carboxylic acids is 1. The summed E-state index contributed by atoms with van der Waals surface area (Å²) >= 11 is 0. The first-order chi connectivity index (χ1) is 8.02. The number of hydrogen-bond donors (Lipinski definition) is 4. The molecule has 0 saturated carbocycles. The number of nitrogens with one attached hydrogen (secondary N) is 1. The van der Waals surface area contributed by atoms with E-state index in [4.69, 9.17) is 5.11 Å². The SMILES string of the molecule is CCCNc1c(O)cc(C(=O)O)c(CC)c1O. The molecule has 0 amide bonds. The van der Waals surface area contributed by atoms with Crippen LogP contribution in [0.3, 0.4) is 0 Å². The Morgan fingerprint density at radius 3 is 2.47 bits per heavy atom. The topological polar surface area (TPSA) is 89.8 Å². The van der Waals surface area contributed by atoms with Crippen LogP contribution in [-0.2, 0) is 6.42 Å². The number of hydrogen-bond acceptors (Lipinski definition) is 4. The zero-order valence-corrected chi connectivity index (χ0v) is 9.95. The molecule has 0 atom stereocenters. The standard InChI is InChI=1S/C12H17NO4/c1-3-5-13-10-9(14)6-8(12(16)17)7(4-2)11(10)15/h6,13-15H,3-5H2,1-2H3,(H,16,17). The molecule has 0 heterocycles. The molecule has 0 aliphatic heterocycles. The number of carboxylic acid groups (broad SMARTS) is 1. The Morgan fingerprint density at radius 1 is 1.35 bits per heavy atom. The van der Waals surface area contributed by atoms with Gasteiger partial charge in [-0.05, 0) is 18.9 Å². The Balaban J connectivity index is 3.30. The molecular formula is C12H17NO4. The van der Waals surface area contributed by atoms with Gasteiger partial charge in [0.1, 0.15) is 17.2 Å². The van der Waals surface area contributed by atoms with Gasteiger partial charge in [0.25, 0.3) is 0 Å². The summed E-state index contributed by atoms with van der Waals surface area (Å²) in [5, 5.41) is 31.5.